The van der Waals surface area contributed by atoms with Gasteiger partial charge in [-0.3, -0.25) is 19.7 Å². The average Bonchev–Trinajstić information content (AvgIpc) is 3.16. The number of nitrogens with one attached hydrogen (secondary N) is 2. The van der Waals surface area contributed by atoms with Gasteiger partial charge in [0.25, 0.3) is 6.43 Å². The smallest absolute Gasteiger partial charge is 0.316 e. The molecule has 2 aliphatic rings. The highest BCUT2D eigenvalue weighted by Gasteiger charge is 2.53. The number of piperazine rings is 1. The van der Waals surface area contributed by atoms with Gasteiger partial charge in [0.1, 0.15) is 11.4 Å². The van der Waals surface area contributed by atoms with E-state index in [0.29, 0.717) is 36.7 Å². The number of carbonyl (C=O) groups is 1. The maximum absolute atomic E-state index is 14.2. The zero-order valence-corrected chi connectivity index (χ0v) is 19.1. The molecular weight excluding hydrogens is 449 g/mol. The first kappa shape index (κ1) is 22.6. The predicted molar refractivity (Wildman–Crippen MR) is 120 cm³/mol. The van der Waals surface area contributed by atoms with Crippen molar-refractivity contribution in [3.8, 4) is 11.4 Å². The van der Waals surface area contributed by atoms with Gasteiger partial charge in [-0.15, -0.1) is 0 Å². The zero-order valence-electron chi connectivity index (χ0n) is 19.1. The van der Waals surface area contributed by atoms with Crippen molar-refractivity contribution in [1.29, 1.82) is 0 Å². The summed E-state index contributed by atoms with van der Waals surface area (Å²) in [7, 11) is 0. The van der Waals surface area contributed by atoms with Crippen LogP contribution >= 0.6 is 0 Å². The molecule has 2 N–H and O–H groups in total. The Hall–Kier alpha value is -3.15. The first-order chi connectivity index (χ1) is 16.1. The van der Waals surface area contributed by atoms with Crippen molar-refractivity contribution >= 4 is 22.6 Å². The van der Waals surface area contributed by atoms with Crippen molar-refractivity contribution in [2.75, 3.05) is 31.5 Å². The number of amides is 2. The Morgan fingerprint density at radius 2 is 2.06 bits per heavy atom. The molecule has 1 saturated heterocycles. The summed E-state index contributed by atoms with van der Waals surface area (Å²) in [6.45, 7) is 4.05. The van der Waals surface area contributed by atoms with Gasteiger partial charge in [-0.25, -0.2) is 18.0 Å². The van der Waals surface area contributed by atoms with Gasteiger partial charge in [-0.1, -0.05) is 0 Å². The van der Waals surface area contributed by atoms with Crippen LogP contribution < -0.4 is 5.32 Å². The second kappa shape index (κ2) is 8.26. The third kappa shape index (κ3) is 4.46. The summed E-state index contributed by atoms with van der Waals surface area (Å²) in [5.41, 5.74) is 0.400. The number of aromatic nitrogens is 5. The molecule has 0 atom stereocenters. The molecular formula is C22H27F3N8O. The minimum absolute atomic E-state index is 0.0894. The Balaban J connectivity index is 1.35. The topological polar surface area (TPSA) is 95.0 Å². The number of halogens is 3. The monoisotopic (exact) mass is 476 g/mol. The fraction of sp³-hybridized carbons (Fsp3) is 0.545. The Bertz CT molecular complexity index is 1200. The predicted octanol–water partition coefficient (Wildman–Crippen LogP) is 3.52. The summed E-state index contributed by atoms with van der Waals surface area (Å²) in [5, 5.41) is 14.9. The molecule has 9 nitrogen and oxygen atoms in total. The van der Waals surface area contributed by atoms with E-state index < -0.39 is 12.1 Å². The standard InChI is InChI=1S/C22H27F3N8O/c1-21(2,25)12-33-17-7-15(26-8-14(17)9-28-33)19-16(10-27-30-19)29-20(34)32-6-5-31(11-18(23)24)13-22(32)3-4-22/h7-10,18H,3-6,11-13H2,1-2H3,(H,27,30)(H,29,34). The highest BCUT2D eigenvalue weighted by Crippen LogP contribution is 2.44. The number of rotatable bonds is 6. The Labute approximate surface area is 194 Å². The molecule has 1 saturated carbocycles. The van der Waals surface area contributed by atoms with Crippen molar-refractivity contribution < 1.29 is 18.0 Å². The minimum atomic E-state index is -2.39. The van der Waals surface area contributed by atoms with Crippen LogP contribution in [0.15, 0.2) is 24.7 Å². The Kier molecular flexibility index (Phi) is 5.50. The quantitative estimate of drug-likeness (QED) is 0.568. The summed E-state index contributed by atoms with van der Waals surface area (Å²) in [6, 6.07) is 1.49. The van der Waals surface area contributed by atoms with E-state index in [1.807, 2.05) is 0 Å². The molecule has 5 rings (SSSR count). The number of aromatic amines is 1. The number of pyridine rings is 1. The maximum Gasteiger partial charge on any atom is 0.322 e. The molecule has 2 fully saturated rings. The van der Waals surface area contributed by atoms with E-state index in [0.717, 1.165) is 23.7 Å². The van der Waals surface area contributed by atoms with Crippen molar-refractivity contribution in [1.82, 2.24) is 34.8 Å². The van der Waals surface area contributed by atoms with Crippen LogP contribution in [-0.2, 0) is 6.54 Å². The lowest BCUT2D eigenvalue weighted by Gasteiger charge is -2.41. The number of fused-ring (bicyclic) bond motifs is 1. The molecule has 3 aromatic heterocycles. The molecule has 0 aromatic carbocycles. The molecule has 12 heteroatoms. The van der Waals surface area contributed by atoms with E-state index >= 15 is 0 Å². The van der Waals surface area contributed by atoms with Crippen LogP contribution in [0.25, 0.3) is 22.3 Å². The lowest BCUT2D eigenvalue weighted by Crippen LogP contribution is -2.58. The second-order valence-electron chi connectivity index (χ2n) is 9.74. The molecule has 34 heavy (non-hydrogen) atoms. The second-order valence-corrected chi connectivity index (χ2v) is 9.74. The lowest BCUT2D eigenvalue weighted by molar-refractivity contribution is 0.0369. The van der Waals surface area contributed by atoms with Gasteiger partial charge in [-0.2, -0.15) is 10.2 Å². The van der Waals surface area contributed by atoms with E-state index in [4.69, 9.17) is 0 Å². The van der Waals surface area contributed by atoms with Gasteiger partial charge < -0.3 is 10.2 Å². The van der Waals surface area contributed by atoms with Crippen molar-refractivity contribution in [2.45, 2.75) is 50.9 Å². The number of alkyl halides is 3. The molecule has 2 amide bonds. The number of hydrogen-bond donors (Lipinski definition) is 2. The van der Waals surface area contributed by atoms with Crippen molar-refractivity contribution in [3.05, 3.63) is 24.7 Å². The van der Waals surface area contributed by atoms with Gasteiger partial charge in [0.05, 0.1) is 47.9 Å². The fourth-order valence-corrected chi connectivity index (χ4v) is 4.65. The zero-order chi connectivity index (χ0) is 24.1. The van der Waals surface area contributed by atoms with Crippen LogP contribution in [-0.4, -0.2) is 84.6 Å². The Morgan fingerprint density at radius 1 is 1.26 bits per heavy atom. The van der Waals surface area contributed by atoms with E-state index in [2.05, 4.69) is 25.6 Å². The number of anilines is 1. The summed E-state index contributed by atoms with van der Waals surface area (Å²) >= 11 is 0. The number of nitrogens with zero attached hydrogens (tertiary/aromatic N) is 6. The van der Waals surface area contributed by atoms with E-state index in [9.17, 15) is 18.0 Å². The molecule has 1 aliphatic carbocycles. The van der Waals surface area contributed by atoms with Crippen molar-refractivity contribution in [2.24, 2.45) is 0 Å². The summed E-state index contributed by atoms with van der Waals surface area (Å²) in [6.07, 6.45) is 4.00. The third-order valence-corrected chi connectivity index (χ3v) is 6.39. The van der Waals surface area contributed by atoms with Crippen LogP contribution in [0, 0.1) is 0 Å². The summed E-state index contributed by atoms with van der Waals surface area (Å²) in [5.74, 6) is 0. The first-order valence-corrected chi connectivity index (χ1v) is 11.3. The van der Waals surface area contributed by atoms with Crippen LogP contribution in [0.5, 0.6) is 0 Å². The van der Waals surface area contributed by atoms with Gasteiger partial charge >= 0.3 is 6.03 Å². The third-order valence-electron chi connectivity index (χ3n) is 6.39. The molecule has 0 bridgehead atoms. The highest BCUT2D eigenvalue weighted by molar-refractivity contribution is 5.94. The largest absolute Gasteiger partial charge is 0.322 e. The number of carbonyl (C=O) groups excluding carboxylic acids is 1. The summed E-state index contributed by atoms with van der Waals surface area (Å²) in [4.78, 5) is 21.1. The minimum Gasteiger partial charge on any atom is -0.316 e. The molecule has 0 radical (unpaired) electrons. The molecule has 1 spiro atoms. The molecule has 3 aromatic rings. The van der Waals surface area contributed by atoms with E-state index in [1.54, 1.807) is 32.9 Å². The van der Waals surface area contributed by atoms with E-state index in [1.165, 1.54) is 20.0 Å². The normalized spacial score (nSPS) is 18.2. The maximum atomic E-state index is 14.2. The molecule has 1 aliphatic heterocycles. The fourth-order valence-electron chi connectivity index (χ4n) is 4.65. The molecule has 4 heterocycles. The number of urea groups is 1. The van der Waals surface area contributed by atoms with Gasteiger partial charge in [-0.05, 0) is 32.8 Å². The van der Waals surface area contributed by atoms with Gasteiger partial charge in [0.2, 0.25) is 0 Å². The van der Waals surface area contributed by atoms with Crippen LogP contribution in [0.1, 0.15) is 26.7 Å². The molecule has 0 unspecified atom stereocenters. The van der Waals surface area contributed by atoms with Crippen LogP contribution in [0.3, 0.4) is 0 Å². The number of H-pyrrole nitrogens is 1. The van der Waals surface area contributed by atoms with E-state index in [-0.39, 0.29) is 24.7 Å². The van der Waals surface area contributed by atoms with Gasteiger partial charge in [0.15, 0.2) is 0 Å². The van der Waals surface area contributed by atoms with Crippen LogP contribution in [0.2, 0.25) is 0 Å². The van der Waals surface area contributed by atoms with Gasteiger partial charge in [0, 0.05) is 31.2 Å². The average molecular weight is 477 g/mol. The SMILES string of the molecule is CC(C)(F)Cn1ncc2cnc(-c3[nH]ncc3NC(=O)N3CCN(CC(F)F)CC34CC4)cc21. The Morgan fingerprint density at radius 3 is 2.76 bits per heavy atom. The summed E-state index contributed by atoms with van der Waals surface area (Å²) < 4.78 is 41.4. The highest BCUT2D eigenvalue weighted by atomic mass is 19.3. The first-order valence-electron chi connectivity index (χ1n) is 11.3. The van der Waals surface area contributed by atoms with Crippen molar-refractivity contribution in [3.63, 3.8) is 0 Å². The van der Waals surface area contributed by atoms with Crippen LogP contribution in [0.4, 0.5) is 23.7 Å². The molecule has 182 valence electrons. The number of hydrogen-bond acceptors (Lipinski definition) is 5. The lowest BCUT2D eigenvalue weighted by atomic mass is 10.1.